The van der Waals surface area contributed by atoms with E-state index in [1.807, 2.05) is 54.6 Å². The van der Waals surface area contributed by atoms with Crippen molar-refractivity contribution in [1.29, 1.82) is 0 Å². The summed E-state index contributed by atoms with van der Waals surface area (Å²) < 4.78 is 17.0. The van der Waals surface area contributed by atoms with Crippen molar-refractivity contribution in [1.82, 2.24) is 5.32 Å². The van der Waals surface area contributed by atoms with Gasteiger partial charge in [-0.25, -0.2) is 9.59 Å². The zero-order chi connectivity index (χ0) is 24.6. The van der Waals surface area contributed by atoms with Gasteiger partial charge in [-0.05, 0) is 56.2 Å². The third-order valence-corrected chi connectivity index (χ3v) is 4.63. The first-order valence-electron chi connectivity index (χ1n) is 11.0. The fourth-order valence-electron chi connectivity index (χ4n) is 3.16. The van der Waals surface area contributed by atoms with E-state index < -0.39 is 17.7 Å². The molecule has 1 amide bonds. The molecule has 0 atom stereocenters. The molecule has 178 valence electrons. The number of alkyl carbamates (subject to hydrolysis) is 1. The molecule has 3 aromatic carbocycles. The number of ether oxygens (including phenoxy) is 3. The highest BCUT2D eigenvalue weighted by atomic mass is 16.6. The average Bonchev–Trinajstić information content (AvgIpc) is 2.80. The van der Waals surface area contributed by atoms with Crippen molar-refractivity contribution in [3.63, 3.8) is 0 Å². The minimum absolute atomic E-state index is 0.0884. The molecule has 0 radical (unpaired) electrons. The van der Waals surface area contributed by atoms with Crippen molar-refractivity contribution in [3.8, 4) is 22.6 Å². The molecule has 0 unspecified atom stereocenters. The summed E-state index contributed by atoms with van der Waals surface area (Å²) in [5.41, 5.74) is 1.92. The zero-order valence-electron chi connectivity index (χ0n) is 19.5. The number of nitrogens with one attached hydrogen (secondary N) is 1. The number of carboxylic acids is 1. The number of aromatic carboxylic acids is 1. The fourth-order valence-corrected chi connectivity index (χ4v) is 3.16. The summed E-state index contributed by atoms with van der Waals surface area (Å²) in [6, 6.07) is 22.0. The number of para-hydroxylation sites is 1. The minimum Gasteiger partial charge on any atom is -0.492 e. The maximum atomic E-state index is 11.8. The second kappa shape index (κ2) is 11.2. The summed E-state index contributed by atoms with van der Waals surface area (Å²) in [6.07, 6.45) is -0.541. The lowest BCUT2D eigenvalue weighted by atomic mass is 10.0. The topological polar surface area (TPSA) is 94.1 Å². The molecule has 0 saturated carbocycles. The molecule has 34 heavy (non-hydrogen) atoms. The lowest BCUT2D eigenvalue weighted by molar-refractivity contribution is 0.0520. The number of hydrogen-bond acceptors (Lipinski definition) is 5. The van der Waals surface area contributed by atoms with Crippen molar-refractivity contribution in [2.75, 3.05) is 13.2 Å². The Morgan fingerprint density at radius 1 is 0.912 bits per heavy atom. The Morgan fingerprint density at radius 2 is 1.62 bits per heavy atom. The third-order valence-electron chi connectivity index (χ3n) is 4.63. The number of carbonyl (C=O) groups excluding carboxylic acids is 1. The van der Waals surface area contributed by atoms with E-state index in [9.17, 15) is 14.7 Å². The molecule has 0 aromatic heterocycles. The number of carboxylic acid groups (broad SMARTS) is 1. The van der Waals surface area contributed by atoms with Crippen LogP contribution in [0.3, 0.4) is 0 Å². The lowest BCUT2D eigenvalue weighted by Gasteiger charge is -2.19. The monoisotopic (exact) mass is 463 g/mol. The SMILES string of the molecule is CC(C)(C)OC(=O)NCCOc1cc(C(=O)O)cc(-c2ccccc2OCc2ccccc2)c1. The van der Waals surface area contributed by atoms with Crippen LogP contribution in [0, 0.1) is 0 Å². The number of hydrogen-bond donors (Lipinski definition) is 2. The van der Waals surface area contributed by atoms with Crippen molar-refractivity contribution >= 4 is 12.1 Å². The standard InChI is InChI=1S/C27H29NO6/c1-27(2,3)34-26(31)28-13-14-32-22-16-20(15-21(17-22)25(29)30)23-11-7-8-12-24(23)33-18-19-9-5-4-6-10-19/h4-12,15-17H,13-14,18H2,1-3H3,(H,28,31)(H,29,30). The van der Waals surface area contributed by atoms with Gasteiger partial charge in [0.25, 0.3) is 0 Å². The van der Waals surface area contributed by atoms with E-state index in [0.717, 1.165) is 11.1 Å². The average molecular weight is 464 g/mol. The van der Waals surface area contributed by atoms with Gasteiger partial charge in [-0.1, -0.05) is 48.5 Å². The summed E-state index contributed by atoms with van der Waals surface area (Å²) >= 11 is 0. The second-order valence-electron chi connectivity index (χ2n) is 8.60. The van der Waals surface area contributed by atoms with Crippen LogP contribution >= 0.6 is 0 Å². The molecule has 0 bridgehead atoms. The van der Waals surface area contributed by atoms with Gasteiger partial charge in [0.05, 0.1) is 12.1 Å². The fraction of sp³-hybridized carbons (Fsp3) is 0.259. The smallest absolute Gasteiger partial charge is 0.407 e. The van der Waals surface area contributed by atoms with Crippen molar-refractivity contribution in [2.24, 2.45) is 0 Å². The Morgan fingerprint density at radius 3 is 2.32 bits per heavy atom. The van der Waals surface area contributed by atoms with Gasteiger partial charge in [0.2, 0.25) is 0 Å². The molecule has 3 rings (SSSR count). The number of amides is 1. The van der Waals surface area contributed by atoms with Crippen LogP contribution in [0.25, 0.3) is 11.1 Å². The molecule has 0 spiro atoms. The quantitative estimate of drug-likeness (QED) is 0.405. The molecule has 2 N–H and O–H groups in total. The minimum atomic E-state index is -1.07. The van der Waals surface area contributed by atoms with Crippen LogP contribution < -0.4 is 14.8 Å². The van der Waals surface area contributed by atoms with Crippen LogP contribution in [0.2, 0.25) is 0 Å². The third kappa shape index (κ3) is 7.55. The predicted molar refractivity (Wildman–Crippen MR) is 129 cm³/mol. The Hall–Kier alpha value is -4.00. The van der Waals surface area contributed by atoms with Crippen LogP contribution in [-0.4, -0.2) is 35.9 Å². The molecule has 0 heterocycles. The van der Waals surface area contributed by atoms with Crippen molar-refractivity contribution in [2.45, 2.75) is 33.0 Å². The maximum absolute atomic E-state index is 11.8. The highest BCUT2D eigenvalue weighted by Gasteiger charge is 2.16. The summed E-state index contributed by atoms with van der Waals surface area (Å²) in [7, 11) is 0. The van der Waals surface area contributed by atoms with Crippen LogP contribution in [0.5, 0.6) is 11.5 Å². The molecule has 0 fully saturated rings. The van der Waals surface area contributed by atoms with Crippen LogP contribution in [0.15, 0.2) is 72.8 Å². The molecule has 0 aliphatic heterocycles. The van der Waals surface area contributed by atoms with E-state index in [2.05, 4.69) is 5.32 Å². The van der Waals surface area contributed by atoms with E-state index >= 15 is 0 Å². The van der Waals surface area contributed by atoms with E-state index in [0.29, 0.717) is 23.7 Å². The summed E-state index contributed by atoms with van der Waals surface area (Å²) in [4.78, 5) is 23.5. The first-order valence-corrected chi connectivity index (χ1v) is 11.0. The molecule has 3 aromatic rings. The van der Waals surface area contributed by atoms with Crippen LogP contribution in [0.4, 0.5) is 4.79 Å². The number of benzene rings is 3. The zero-order valence-corrected chi connectivity index (χ0v) is 19.5. The highest BCUT2D eigenvalue weighted by molar-refractivity contribution is 5.90. The van der Waals surface area contributed by atoms with Gasteiger partial charge in [0.1, 0.15) is 30.3 Å². The molecule has 7 nitrogen and oxygen atoms in total. The van der Waals surface area contributed by atoms with Crippen LogP contribution in [-0.2, 0) is 11.3 Å². The van der Waals surface area contributed by atoms with Gasteiger partial charge < -0.3 is 24.6 Å². The molecule has 7 heteroatoms. The van der Waals surface area contributed by atoms with Gasteiger partial charge in [-0.15, -0.1) is 0 Å². The van der Waals surface area contributed by atoms with Gasteiger partial charge >= 0.3 is 12.1 Å². The first kappa shape index (κ1) is 24.6. The van der Waals surface area contributed by atoms with Crippen LogP contribution in [0.1, 0.15) is 36.7 Å². The Bertz CT molecular complexity index is 1120. The van der Waals surface area contributed by atoms with E-state index in [-0.39, 0.29) is 18.7 Å². The largest absolute Gasteiger partial charge is 0.492 e. The molecular formula is C27H29NO6. The first-order chi connectivity index (χ1) is 16.2. The van der Waals surface area contributed by atoms with Crippen molar-refractivity contribution in [3.05, 3.63) is 83.9 Å². The second-order valence-corrected chi connectivity index (χ2v) is 8.60. The molecule has 0 saturated heterocycles. The van der Waals surface area contributed by atoms with Gasteiger partial charge in [0, 0.05) is 5.56 Å². The normalized spacial score (nSPS) is 10.9. The molecule has 0 aliphatic rings. The summed E-state index contributed by atoms with van der Waals surface area (Å²) in [5.74, 6) is -0.0635. The maximum Gasteiger partial charge on any atom is 0.407 e. The van der Waals surface area contributed by atoms with Gasteiger partial charge in [0.15, 0.2) is 0 Å². The van der Waals surface area contributed by atoms with E-state index in [4.69, 9.17) is 14.2 Å². The Labute approximate surface area is 199 Å². The molecule has 0 aliphatic carbocycles. The Balaban J connectivity index is 1.74. The van der Waals surface area contributed by atoms with E-state index in [1.165, 1.54) is 6.07 Å². The summed E-state index contributed by atoms with van der Waals surface area (Å²) in [6.45, 7) is 6.08. The lowest BCUT2D eigenvalue weighted by Crippen LogP contribution is -2.34. The van der Waals surface area contributed by atoms with E-state index in [1.54, 1.807) is 32.9 Å². The number of rotatable bonds is 9. The predicted octanol–water partition coefficient (Wildman–Crippen LogP) is 5.53. The molecular weight excluding hydrogens is 434 g/mol. The number of carbonyl (C=O) groups is 2. The summed E-state index contributed by atoms with van der Waals surface area (Å²) in [5, 5.41) is 12.2. The van der Waals surface area contributed by atoms with Crippen molar-refractivity contribution < 1.29 is 28.9 Å². The Kier molecular flexibility index (Phi) is 8.14. The van der Waals surface area contributed by atoms with Gasteiger partial charge in [-0.2, -0.15) is 0 Å². The van der Waals surface area contributed by atoms with Gasteiger partial charge in [-0.3, -0.25) is 0 Å². The highest BCUT2D eigenvalue weighted by Crippen LogP contribution is 2.33.